The van der Waals surface area contributed by atoms with Gasteiger partial charge in [0.05, 0.1) is 6.16 Å². The van der Waals surface area contributed by atoms with Gasteiger partial charge < -0.3 is 9.47 Å². The number of carbonyl (C=O) groups is 2. The third-order valence-electron chi connectivity index (χ3n) is 5.38. The first kappa shape index (κ1) is 26.1. The van der Waals surface area contributed by atoms with Crippen molar-refractivity contribution in [2.45, 2.75) is 59.2 Å². The molecule has 174 valence electrons. The lowest BCUT2D eigenvalue weighted by Gasteiger charge is -2.26. The predicted octanol–water partition coefficient (Wildman–Crippen LogP) is 6.21. The Kier molecular flexibility index (Phi) is 12.0. The zero-order valence-electron chi connectivity index (χ0n) is 19.7. The Bertz CT molecular complexity index is 792. The number of benzene rings is 2. The van der Waals surface area contributed by atoms with Crippen LogP contribution >= 0.6 is 7.92 Å². The van der Waals surface area contributed by atoms with Crippen molar-refractivity contribution in [3.8, 4) is 0 Å². The third kappa shape index (κ3) is 10.4. The van der Waals surface area contributed by atoms with Crippen molar-refractivity contribution < 1.29 is 19.1 Å². The molecule has 0 aromatic heterocycles. The van der Waals surface area contributed by atoms with Crippen molar-refractivity contribution in [2.24, 2.45) is 5.92 Å². The number of unbranched alkanes of at least 4 members (excludes halogenated alkanes) is 1. The Morgan fingerprint density at radius 1 is 0.875 bits per heavy atom. The third-order valence-corrected chi connectivity index (χ3v) is 7.91. The minimum atomic E-state index is -0.620. The molecule has 0 saturated heterocycles. The van der Waals surface area contributed by atoms with E-state index in [1.165, 1.54) is 5.56 Å². The molecule has 2 unspecified atom stereocenters. The number of hydrogen-bond donors (Lipinski definition) is 0. The lowest BCUT2D eigenvalue weighted by molar-refractivity contribution is -0.149. The highest BCUT2D eigenvalue weighted by atomic mass is 31.1. The van der Waals surface area contributed by atoms with E-state index in [0.717, 1.165) is 37.1 Å². The maximum Gasteiger partial charge on any atom is 0.310 e. The SMILES string of the molecule is CCC(=O)OC(CP(CCCCc1ccccc1)CC(=O)OCc1ccccc1)C(C)C. The second-order valence-corrected chi connectivity index (χ2v) is 10.9. The number of carbonyl (C=O) groups excluding carboxylic acids is 2. The maximum atomic E-state index is 12.6. The molecule has 0 aliphatic heterocycles. The first-order chi connectivity index (χ1) is 15.5. The van der Waals surface area contributed by atoms with Gasteiger partial charge >= 0.3 is 11.9 Å². The van der Waals surface area contributed by atoms with Crippen molar-refractivity contribution in [1.29, 1.82) is 0 Å². The second kappa shape index (κ2) is 14.8. The number of esters is 2. The summed E-state index contributed by atoms with van der Waals surface area (Å²) < 4.78 is 11.3. The zero-order chi connectivity index (χ0) is 23.2. The van der Waals surface area contributed by atoms with E-state index < -0.39 is 7.92 Å². The summed E-state index contributed by atoms with van der Waals surface area (Å²) in [7, 11) is -0.620. The van der Waals surface area contributed by atoms with Crippen LogP contribution in [0.4, 0.5) is 0 Å². The van der Waals surface area contributed by atoms with Crippen LogP contribution in [0, 0.1) is 5.92 Å². The van der Waals surface area contributed by atoms with Crippen LogP contribution in [-0.4, -0.2) is 36.5 Å². The molecule has 2 atom stereocenters. The Morgan fingerprint density at radius 2 is 1.50 bits per heavy atom. The van der Waals surface area contributed by atoms with Crippen LogP contribution in [0.5, 0.6) is 0 Å². The average Bonchev–Trinajstić information content (AvgIpc) is 2.81. The second-order valence-electron chi connectivity index (χ2n) is 8.45. The molecule has 0 spiro atoms. The fraction of sp³-hybridized carbons (Fsp3) is 0.481. The molecule has 0 fully saturated rings. The van der Waals surface area contributed by atoms with Crippen LogP contribution in [0.25, 0.3) is 0 Å². The van der Waals surface area contributed by atoms with Gasteiger partial charge in [-0.3, -0.25) is 9.59 Å². The molecule has 0 N–H and O–H groups in total. The summed E-state index contributed by atoms with van der Waals surface area (Å²) >= 11 is 0. The van der Waals surface area contributed by atoms with E-state index in [-0.39, 0.29) is 24.0 Å². The Hall–Kier alpha value is -2.19. The van der Waals surface area contributed by atoms with Crippen molar-refractivity contribution in [2.75, 3.05) is 18.5 Å². The van der Waals surface area contributed by atoms with Crippen LogP contribution in [0.15, 0.2) is 60.7 Å². The van der Waals surface area contributed by atoms with Crippen molar-refractivity contribution in [3.05, 3.63) is 71.8 Å². The van der Waals surface area contributed by atoms with Crippen LogP contribution in [0.3, 0.4) is 0 Å². The van der Waals surface area contributed by atoms with Gasteiger partial charge in [-0.25, -0.2) is 0 Å². The van der Waals surface area contributed by atoms with E-state index in [1.54, 1.807) is 0 Å². The molecule has 0 aliphatic rings. The topological polar surface area (TPSA) is 52.6 Å². The summed E-state index contributed by atoms with van der Waals surface area (Å²) in [5.41, 5.74) is 2.33. The lowest BCUT2D eigenvalue weighted by atomic mass is 10.1. The highest BCUT2D eigenvalue weighted by Crippen LogP contribution is 2.39. The van der Waals surface area contributed by atoms with Crippen molar-refractivity contribution in [3.63, 3.8) is 0 Å². The van der Waals surface area contributed by atoms with E-state index in [9.17, 15) is 9.59 Å². The molecular weight excluding hydrogens is 419 g/mol. The van der Waals surface area contributed by atoms with Gasteiger partial charge in [-0.1, -0.05) is 89.4 Å². The largest absolute Gasteiger partial charge is 0.462 e. The Morgan fingerprint density at radius 3 is 2.09 bits per heavy atom. The highest BCUT2D eigenvalue weighted by Gasteiger charge is 2.24. The minimum absolute atomic E-state index is 0.149. The normalized spacial score (nSPS) is 12.9. The van der Waals surface area contributed by atoms with Crippen LogP contribution < -0.4 is 0 Å². The maximum absolute atomic E-state index is 12.6. The monoisotopic (exact) mass is 456 g/mol. The summed E-state index contributed by atoms with van der Waals surface area (Å²) in [5.74, 6) is -0.109. The molecule has 2 rings (SSSR count). The predicted molar refractivity (Wildman–Crippen MR) is 132 cm³/mol. The van der Waals surface area contributed by atoms with Gasteiger partial charge in [0.2, 0.25) is 0 Å². The Balaban J connectivity index is 1.91. The van der Waals surface area contributed by atoms with Gasteiger partial charge in [0, 0.05) is 12.6 Å². The average molecular weight is 457 g/mol. The quantitative estimate of drug-likeness (QED) is 0.193. The fourth-order valence-corrected chi connectivity index (χ4v) is 6.00. The molecule has 32 heavy (non-hydrogen) atoms. The summed E-state index contributed by atoms with van der Waals surface area (Å²) in [5, 5.41) is 0. The molecule has 0 amide bonds. The van der Waals surface area contributed by atoms with Gasteiger partial charge in [-0.15, -0.1) is 0 Å². The van der Waals surface area contributed by atoms with Gasteiger partial charge in [-0.2, -0.15) is 0 Å². The van der Waals surface area contributed by atoms with E-state index in [1.807, 2.05) is 43.3 Å². The first-order valence-electron chi connectivity index (χ1n) is 11.6. The zero-order valence-corrected chi connectivity index (χ0v) is 20.6. The molecular formula is C27H37O4P. The van der Waals surface area contributed by atoms with Gasteiger partial charge in [0.1, 0.15) is 12.7 Å². The molecule has 4 nitrogen and oxygen atoms in total. The molecule has 2 aromatic rings. The molecule has 5 heteroatoms. The Labute approximate surface area is 194 Å². The van der Waals surface area contributed by atoms with Crippen molar-refractivity contribution in [1.82, 2.24) is 0 Å². The summed E-state index contributed by atoms with van der Waals surface area (Å²) in [6, 6.07) is 20.2. The van der Waals surface area contributed by atoms with Gasteiger partial charge in [-0.05, 0) is 42.5 Å². The highest BCUT2D eigenvalue weighted by molar-refractivity contribution is 7.58. The van der Waals surface area contributed by atoms with Crippen molar-refractivity contribution >= 4 is 19.9 Å². The summed E-state index contributed by atoms with van der Waals surface area (Å²) in [6.45, 7) is 6.26. The molecule has 0 bridgehead atoms. The van der Waals surface area contributed by atoms with Gasteiger partial charge in [0.25, 0.3) is 0 Å². The number of hydrogen-bond acceptors (Lipinski definition) is 4. The van der Waals surface area contributed by atoms with E-state index >= 15 is 0 Å². The number of aryl methyl sites for hydroxylation is 1. The minimum Gasteiger partial charge on any atom is -0.462 e. The standard InChI is InChI=1S/C27H37O4P/c1-4-26(28)31-25(22(2)3)20-32(18-12-11-15-23-13-7-5-8-14-23)21-27(29)30-19-24-16-9-6-10-17-24/h5-10,13-14,16-17,22,25H,4,11-12,15,18-21H2,1-3H3. The molecule has 0 aliphatic carbocycles. The van der Waals surface area contributed by atoms with E-state index in [2.05, 4.69) is 38.1 Å². The van der Waals surface area contributed by atoms with E-state index in [4.69, 9.17) is 9.47 Å². The molecule has 0 saturated carbocycles. The molecule has 0 radical (unpaired) electrons. The summed E-state index contributed by atoms with van der Waals surface area (Å²) in [4.78, 5) is 24.5. The van der Waals surface area contributed by atoms with Crippen LogP contribution in [0.1, 0.15) is 51.2 Å². The summed E-state index contributed by atoms with van der Waals surface area (Å²) in [6.07, 6.45) is 5.56. The smallest absolute Gasteiger partial charge is 0.310 e. The molecule has 2 aromatic carbocycles. The van der Waals surface area contributed by atoms with Gasteiger partial charge in [0.15, 0.2) is 0 Å². The van der Waals surface area contributed by atoms with E-state index in [0.29, 0.717) is 19.2 Å². The molecule has 0 heterocycles. The lowest BCUT2D eigenvalue weighted by Crippen LogP contribution is -2.28. The number of rotatable bonds is 14. The van der Waals surface area contributed by atoms with Crippen LogP contribution in [-0.2, 0) is 32.1 Å². The number of ether oxygens (including phenoxy) is 2. The van der Waals surface area contributed by atoms with Crippen LogP contribution in [0.2, 0.25) is 0 Å². The first-order valence-corrected chi connectivity index (χ1v) is 13.5. The fourth-order valence-electron chi connectivity index (χ4n) is 3.40.